The van der Waals surface area contributed by atoms with Crippen LogP contribution in [0.1, 0.15) is 16.8 Å². The molecule has 0 fully saturated rings. The van der Waals surface area contributed by atoms with Gasteiger partial charge in [0.05, 0.1) is 5.69 Å². The molecule has 0 saturated heterocycles. The van der Waals surface area contributed by atoms with Crippen molar-refractivity contribution in [1.82, 2.24) is 4.98 Å². The Morgan fingerprint density at radius 2 is 1.79 bits per heavy atom. The lowest BCUT2D eigenvalue weighted by molar-refractivity contribution is 0.769. The van der Waals surface area contributed by atoms with Gasteiger partial charge in [-0.1, -0.05) is 42.5 Å². The molecule has 2 aromatic rings. The van der Waals surface area contributed by atoms with Gasteiger partial charge in [0.15, 0.2) is 0 Å². The summed E-state index contributed by atoms with van der Waals surface area (Å²) in [5, 5.41) is 3.46. The van der Waals surface area contributed by atoms with Crippen molar-refractivity contribution in [2.75, 3.05) is 5.32 Å². The summed E-state index contributed by atoms with van der Waals surface area (Å²) < 4.78 is 0. The number of nitrogens with zero attached hydrogens (tertiary/aromatic N) is 1. The number of benzene rings is 1. The minimum absolute atomic E-state index is 0.332. The number of nitrogens with two attached hydrogens (primary N) is 1. The minimum Gasteiger partial charge on any atom is -0.388 e. The second-order valence-corrected chi connectivity index (χ2v) is 5.23. The molecular weight excluding hydrogens is 254 g/mol. The van der Waals surface area contributed by atoms with Crippen LogP contribution in [0.25, 0.3) is 0 Å². The predicted molar refractivity (Wildman–Crippen MR) is 81.4 cm³/mol. The van der Waals surface area contributed by atoms with Crippen molar-refractivity contribution in [1.29, 1.82) is 0 Å². The number of pyridine rings is 1. The first kappa shape index (κ1) is 12.1. The summed E-state index contributed by atoms with van der Waals surface area (Å²) in [5.74, 6) is 0.836. The Balaban J connectivity index is 1.74. The van der Waals surface area contributed by atoms with Crippen LogP contribution in [-0.4, -0.2) is 16.0 Å². The van der Waals surface area contributed by atoms with E-state index >= 15 is 0 Å². The molecule has 1 aromatic carbocycles. The molecule has 0 bridgehead atoms. The lowest BCUT2D eigenvalue weighted by Crippen LogP contribution is -2.21. The molecule has 3 rings (SSSR count). The maximum absolute atomic E-state index is 5.60. The Hall–Kier alpha value is -1.94. The van der Waals surface area contributed by atoms with E-state index < -0.39 is 0 Å². The zero-order chi connectivity index (χ0) is 13.2. The highest BCUT2D eigenvalue weighted by atomic mass is 32.1. The Kier molecular flexibility index (Phi) is 3.17. The summed E-state index contributed by atoms with van der Waals surface area (Å²) in [4.78, 5) is 4.75. The molecule has 1 heterocycles. The maximum Gasteiger partial charge on any atom is 0.126 e. The van der Waals surface area contributed by atoms with Gasteiger partial charge >= 0.3 is 0 Å². The maximum atomic E-state index is 5.60. The monoisotopic (exact) mass is 269 g/mol. The van der Waals surface area contributed by atoms with Crippen molar-refractivity contribution >= 4 is 23.0 Å². The number of anilines is 1. The average molecular weight is 269 g/mol. The van der Waals surface area contributed by atoms with Gasteiger partial charge in [0.25, 0.3) is 0 Å². The molecule has 96 valence electrons. The molecule has 1 aromatic heterocycles. The van der Waals surface area contributed by atoms with Gasteiger partial charge in [0.2, 0.25) is 0 Å². The summed E-state index contributed by atoms with van der Waals surface area (Å²) in [6.45, 7) is 0. The summed E-state index contributed by atoms with van der Waals surface area (Å²) in [6.07, 6.45) is 2.07. The number of nitrogens with one attached hydrogen (secondary N) is 1. The van der Waals surface area contributed by atoms with Crippen molar-refractivity contribution in [3.8, 4) is 0 Å². The summed E-state index contributed by atoms with van der Waals surface area (Å²) in [5.41, 5.74) is 9.11. The van der Waals surface area contributed by atoms with E-state index in [9.17, 15) is 0 Å². The predicted octanol–water partition coefficient (Wildman–Crippen LogP) is 2.30. The summed E-state index contributed by atoms with van der Waals surface area (Å²) >= 11 is 4.95. The van der Waals surface area contributed by atoms with Crippen LogP contribution in [0.4, 0.5) is 5.82 Å². The van der Waals surface area contributed by atoms with E-state index in [0.717, 1.165) is 18.7 Å². The van der Waals surface area contributed by atoms with Gasteiger partial charge in [-0.2, -0.15) is 0 Å². The highest BCUT2D eigenvalue weighted by Gasteiger charge is 2.20. The Morgan fingerprint density at radius 3 is 2.42 bits per heavy atom. The molecule has 0 amide bonds. The van der Waals surface area contributed by atoms with Crippen LogP contribution in [0.5, 0.6) is 0 Å². The van der Waals surface area contributed by atoms with E-state index in [1.807, 2.05) is 18.2 Å². The van der Waals surface area contributed by atoms with Gasteiger partial charge in [-0.05, 0) is 36.1 Å². The van der Waals surface area contributed by atoms with Gasteiger partial charge in [-0.25, -0.2) is 4.98 Å². The topological polar surface area (TPSA) is 50.9 Å². The van der Waals surface area contributed by atoms with Gasteiger partial charge in [-0.3, -0.25) is 0 Å². The number of aromatic nitrogens is 1. The largest absolute Gasteiger partial charge is 0.388 e. The van der Waals surface area contributed by atoms with Crippen molar-refractivity contribution in [3.63, 3.8) is 0 Å². The van der Waals surface area contributed by atoms with Crippen molar-refractivity contribution < 1.29 is 0 Å². The van der Waals surface area contributed by atoms with Crippen LogP contribution in [0.2, 0.25) is 0 Å². The van der Waals surface area contributed by atoms with E-state index in [1.165, 1.54) is 11.1 Å². The van der Waals surface area contributed by atoms with Crippen LogP contribution in [0.15, 0.2) is 42.5 Å². The average Bonchev–Trinajstić information content (AvgIpc) is 2.81. The molecule has 0 atom stereocenters. The normalized spacial score (nSPS) is 14.1. The molecular formula is C15H15N3S. The molecule has 4 heteroatoms. The number of thiocarbonyl (C=S) groups is 1. The van der Waals surface area contributed by atoms with E-state index in [2.05, 4.69) is 34.6 Å². The van der Waals surface area contributed by atoms with Crippen LogP contribution >= 0.6 is 12.2 Å². The SMILES string of the molecule is NC(=S)c1cccc(NC2Cc3ccccc3C2)n1. The first-order valence-electron chi connectivity index (χ1n) is 6.32. The standard InChI is InChI=1S/C15H15N3S/c16-15(19)13-6-3-7-14(18-13)17-12-8-10-4-1-2-5-11(10)9-12/h1-7,12H,8-9H2,(H2,16,19)(H,17,18). The molecule has 19 heavy (non-hydrogen) atoms. The molecule has 1 aliphatic rings. The highest BCUT2D eigenvalue weighted by molar-refractivity contribution is 7.80. The third-order valence-corrected chi connectivity index (χ3v) is 3.61. The molecule has 0 spiro atoms. The molecule has 0 unspecified atom stereocenters. The summed E-state index contributed by atoms with van der Waals surface area (Å²) in [7, 11) is 0. The number of rotatable bonds is 3. The third kappa shape index (κ3) is 2.58. The fourth-order valence-corrected chi connectivity index (χ4v) is 2.64. The second-order valence-electron chi connectivity index (χ2n) is 4.79. The van der Waals surface area contributed by atoms with Crippen LogP contribution in [0, 0.1) is 0 Å². The van der Waals surface area contributed by atoms with Crippen molar-refractivity contribution in [2.24, 2.45) is 5.73 Å². The zero-order valence-electron chi connectivity index (χ0n) is 10.5. The van der Waals surface area contributed by atoms with E-state index in [1.54, 1.807) is 0 Å². The van der Waals surface area contributed by atoms with Gasteiger partial charge in [-0.15, -0.1) is 0 Å². The molecule has 3 N–H and O–H groups in total. The van der Waals surface area contributed by atoms with E-state index in [4.69, 9.17) is 18.0 Å². The Morgan fingerprint density at radius 1 is 1.11 bits per heavy atom. The van der Waals surface area contributed by atoms with Gasteiger partial charge in [0, 0.05) is 6.04 Å². The van der Waals surface area contributed by atoms with Gasteiger partial charge in [0.1, 0.15) is 10.8 Å². The Labute approximate surface area is 117 Å². The molecule has 0 saturated carbocycles. The van der Waals surface area contributed by atoms with Crippen LogP contribution < -0.4 is 11.1 Å². The Bertz CT molecular complexity index is 599. The minimum atomic E-state index is 0.332. The van der Waals surface area contributed by atoms with E-state index in [0.29, 0.717) is 16.7 Å². The third-order valence-electron chi connectivity index (χ3n) is 3.40. The molecule has 1 aliphatic carbocycles. The fraction of sp³-hybridized carbons (Fsp3) is 0.200. The number of hydrogen-bond acceptors (Lipinski definition) is 3. The van der Waals surface area contributed by atoms with Crippen molar-refractivity contribution in [3.05, 3.63) is 59.3 Å². The first-order valence-corrected chi connectivity index (χ1v) is 6.73. The smallest absolute Gasteiger partial charge is 0.126 e. The van der Waals surface area contributed by atoms with Gasteiger partial charge < -0.3 is 11.1 Å². The molecule has 0 radical (unpaired) electrons. The molecule has 0 aliphatic heterocycles. The lowest BCUT2D eigenvalue weighted by Gasteiger charge is -2.13. The van der Waals surface area contributed by atoms with Crippen LogP contribution in [0.3, 0.4) is 0 Å². The quantitative estimate of drug-likeness (QED) is 0.840. The fourth-order valence-electron chi connectivity index (χ4n) is 2.52. The number of fused-ring (bicyclic) bond motifs is 1. The highest BCUT2D eigenvalue weighted by Crippen LogP contribution is 2.23. The first-order chi connectivity index (χ1) is 9.22. The van der Waals surface area contributed by atoms with E-state index in [-0.39, 0.29) is 0 Å². The second kappa shape index (κ2) is 4.97. The lowest BCUT2D eigenvalue weighted by atomic mass is 10.1. The van der Waals surface area contributed by atoms with Crippen molar-refractivity contribution in [2.45, 2.75) is 18.9 Å². The zero-order valence-corrected chi connectivity index (χ0v) is 11.3. The number of hydrogen-bond donors (Lipinski definition) is 2. The summed E-state index contributed by atoms with van der Waals surface area (Å²) in [6, 6.07) is 14.7. The molecule has 3 nitrogen and oxygen atoms in total. The van der Waals surface area contributed by atoms with Crippen LogP contribution in [-0.2, 0) is 12.8 Å².